The number of likely N-dealkylation sites (N-methyl/N-ethyl adjacent to an activating group) is 1. The molecule has 0 spiro atoms. The lowest BCUT2D eigenvalue weighted by Crippen LogP contribution is -2.30. The molecule has 0 aliphatic heterocycles. The van der Waals surface area contributed by atoms with Crippen LogP contribution in [0.15, 0.2) is 27.4 Å². The van der Waals surface area contributed by atoms with Gasteiger partial charge in [-0.1, -0.05) is 19.9 Å². The maximum Gasteiger partial charge on any atom is 0.245 e. The zero-order valence-electron chi connectivity index (χ0n) is 11.1. The topological polar surface area (TPSA) is 49.4 Å². The van der Waals surface area contributed by atoms with Gasteiger partial charge in [0.25, 0.3) is 0 Å². The van der Waals surface area contributed by atoms with Crippen molar-refractivity contribution in [1.29, 1.82) is 0 Å². The summed E-state index contributed by atoms with van der Waals surface area (Å²) in [5, 5.41) is 3.19. The number of hydrogen-bond acceptors (Lipinski definition) is 4. The van der Waals surface area contributed by atoms with Crippen LogP contribution >= 0.6 is 27.3 Å². The van der Waals surface area contributed by atoms with Crippen LogP contribution in [-0.2, 0) is 16.6 Å². The molecular formula is C12H19BrN2O2S2. The molecule has 4 nitrogen and oxygen atoms in total. The molecule has 0 unspecified atom stereocenters. The number of thiophene rings is 1. The van der Waals surface area contributed by atoms with Gasteiger partial charge in [-0.25, -0.2) is 8.42 Å². The van der Waals surface area contributed by atoms with Gasteiger partial charge < -0.3 is 5.32 Å². The summed E-state index contributed by atoms with van der Waals surface area (Å²) in [7, 11) is -3.45. The summed E-state index contributed by atoms with van der Waals surface area (Å²) in [4.78, 5) is 1.34. The van der Waals surface area contributed by atoms with E-state index >= 15 is 0 Å². The van der Waals surface area contributed by atoms with Gasteiger partial charge in [-0.15, -0.1) is 17.9 Å². The number of nitrogens with zero attached hydrogens (tertiary/aromatic N) is 1. The Labute approximate surface area is 127 Å². The van der Waals surface area contributed by atoms with Crippen molar-refractivity contribution in [2.75, 3.05) is 19.6 Å². The normalized spacial score (nSPS) is 12.0. The second-order valence-electron chi connectivity index (χ2n) is 3.88. The molecule has 0 aliphatic rings. The summed E-state index contributed by atoms with van der Waals surface area (Å²) in [6.45, 7) is 9.73. The highest BCUT2D eigenvalue weighted by Crippen LogP contribution is 2.33. The lowest BCUT2D eigenvalue weighted by Gasteiger charge is -2.18. The van der Waals surface area contributed by atoms with E-state index in [1.807, 2.05) is 13.8 Å². The van der Waals surface area contributed by atoms with Crippen molar-refractivity contribution in [2.45, 2.75) is 25.3 Å². The Morgan fingerprint density at radius 1 is 1.53 bits per heavy atom. The van der Waals surface area contributed by atoms with Crippen molar-refractivity contribution >= 4 is 37.3 Å². The summed E-state index contributed by atoms with van der Waals surface area (Å²) in [5.41, 5.74) is 0. The molecule has 0 radical (unpaired) electrons. The quantitative estimate of drug-likeness (QED) is 0.719. The third-order valence-electron chi connectivity index (χ3n) is 2.56. The first kappa shape index (κ1) is 16.8. The van der Waals surface area contributed by atoms with Crippen molar-refractivity contribution in [1.82, 2.24) is 9.62 Å². The lowest BCUT2D eigenvalue weighted by atomic mass is 10.4. The largest absolute Gasteiger partial charge is 0.312 e. The average molecular weight is 367 g/mol. The van der Waals surface area contributed by atoms with Crippen LogP contribution in [-0.4, -0.2) is 32.4 Å². The molecule has 1 rings (SSSR count). The molecule has 1 heterocycles. The predicted molar refractivity (Wildman–Crippen MR) is 84.0 cm³/mol. The molecule has 7 heteroatoms. The third-order valence-corrected chi connectivity index (χ3v) is 6.75. The van der Waals surface area contributed by atoms with E-state index in [-0.39, 0.29) is 0 Å². The number of halogens is 1. The molecule has 0 atom stereocenters. The molecule has 1 aromatic heterocycles. The zero-order chi connectivity index (χ0) is 14.5. The van der Waals surface area contributed by atoms with Crippen molar-refractivity contribution in [3.05, 3.63) is 27.4 Å². The van der Waals surface area contributed by atoms with E-state index < -0.39 is 10.0 Å². The second-order valence-corrected chi connectivity index (χ2v) is 8.24. The Morgan fingerprint density at radius 3 is 2.74 bits per heavy atom. The maximum absolute atomic E-state index is 12.5. The van der Waals surface area contributed by atoms with E-state index in [4.69, 9.17) is 0 Å². The SMILES string of the molecule is C=CCN(CC)S(=O)(=O)c1cc(CNCC)sc1Br. The van der Waals surface area contributed by atoms with Crippen LogP contribution in [0.4, 0.5) is 0 Å². The smallest absolute Gasteiger partial charge is 0.245 e. The molecule has 0 aliphatic carbocycles. The minimum atomic E-state index is -3.45. The van der Waals surface area contributed by atoms with Gasteiger partial charge in [0.15, 0.2) is 0 Å². The van der Waals surface area contributed by atoms with Gasteiger partial charge in [-0.05, 0) is 28.5 Å². The minimum absolute atomic E-state index is 0.323. The number of nitrogens with one attached hydrogen (secondary N) is 1. The second kappa shape index (κ2) is 7.54. The van der Waals surface area contributed by atoms with E-state index in [1.165, 1.54) is 15.6 Å². The van der Waals surface area contributed by atoms with E-state index in [0.29, 0.717) is 28.3 Å². The molecule has 1 N–H and O–H groups in total. The molecular weight excluding hydrogens is 348 g/mol. The van der Waals surface area contributed by atoms with Crippen molar-refractivity contribution in [2.24, 2.45) is 0 Å². The molecule has 108 valence electrons. The third kappa shape index (κ3) is 4.13. The van der Waals surface area contributed by atoms with Crippen LogP contribution in [0.2, 0.25) is 0 Å². The highest BCUT2D eigenvalue weighted by Gasteiger charge is 2.26. The van der Waals surface area contributed by atoms with Crippen molar-refractivity contribution < 1.29 is 8.42 Å². The number of hydrogen-bond donors (Lipinski definition) is 1. The molecule has 0 amide bonds. The first-order valence-electron chi connectivity index (χ1n) is 6.07. The first-order chi connectivity index (χ1) is 8.97. The molecule has 0 saturated carbocycles. The Hall–Kier alpha value is -0.210. The standard InChI is InChI=1S/C12H19BrN2O2S2/c1-4-7-15(6-3)19(16,17)11-8-10(9-14-5-2)18-12(11)13/h4,8,14H,1,5-7,9H2,2-3H3. The zero-order valence-corrected chi connectivity index (χ0v) is 14.4. The van der Waals surface area contributed by atoms with Crippen molar-refractivity contribution in [3.8, 4) is 0 Å². The van der Waals surface area contributed by atoms with Crippen LogP contribution in [0, 0.1) is 0 Å². The van der Waals surface area contributed by atoms with Crippen LogP contribution < -0.4 is 5.32 Å². The molecule has 0 fully saturated rings. The van der Waals surface area contributed by atoms with Gasteiger partial charge in [0.2, 0.25) is 10.0 Å². The van der Waals surface area contributed by atoms with E-state index in [9.17, 15) is 8.42 Å². The Bertz CT molecular complexity index is 526. The number of rotatable bonds is 8. The summed E-state index contributed by atoms with van der Waals surface area (Å²) < 4.78 is 27.1. The Kier molecular flexibility index (Phi) is 6.68. The van der Waals surface area contributed by atoms with Crippen LogP contribution in [0.5, 0.6) is 0 Å². The average Bonchev–Trinajstić information content (AvgIpc) is 2.75. The van der Waals surface area contributed by atoms with Gasteiger partial charge in [0.05, 0.1) is 3.79 Å². The first-order valence-corrected chi connectivity index (χ1v) is 9.12. The molecule has 0 aromatic carbocycles. The summed E-state index contributed by atoms with van der Waals surface area (Å²) in [5.74, 6) is 0. The summed E-state index contributed by atoms with van der Waals surface area (Å²) in [6.07, 6.45) is 1.60. The van der Waals surface area contributed by atoms with Gasteiger partial charge >= 0.3 is 0 Å². The molecule has 0 saturated heterocycles. The highest BCUT2D eigenvalue weighted by molar-refractivity contribution is 9.11. The van der Waals surface area contributed by atoms with Gasteiger partial charge in [0.1, 0.15) is 4.90 Å². The summed E-state index contributed by atoms with van der Waals surface area (Å²) in [6, 6.07) is 1.73. The molecule has 19 heavy (non-hydrogen) atoms. The fraction of sp³-hybridized carbons (Fsp3) is 0.500. The Balaban J connectivity index is 3.06. The lowest BCUT2D eigenvalue weighted by molar-refractivity contribution is 0.460. The Morgan fingerprint density at radius 2 is 2.21 bits per heavy atom. The van der Waals surface area contributed by atoms with Gasteiger partial charge in [0, 0.05) is 24.5 Å². The highest BCUT2D eigenvalue weighted by atomic mass is 79.9. The monoisotopic (exact) mass is 366 g/mol. The van der Waals surface area contributed by atoms with Crippen LogP contribution in [0.1, 0.15) is 18.7 Å². The van der Waals surface area contributed by atoms with Crippen LogP contribution in [0.3, 0.4) is 0 Å². The minimum Gasteiger partial charge on any atom is -0.312 e. The fourth-order valence-corrected chi connectivity index (χ4v) is 5.61. The van der Waals surface area contributed by atoms with Crippen molar-refractivity contribution in [3.63, 3.8) is 0 Å². The van der Waals surface area contributed by atoms with Gasteiger partial charge in [-0.3, -0.25) is 0 Å². The molecule has 1 aromatic rings. The van der Waals surface area contributed by atoms with Crippen LogP contribution in [0.25, 0.3) is 0 Å². The van der Waals surface area contributed by atoms with E-state index in [1.54, 1.807) is 12.1 Å². The van der Waals surface area contributed by atoms with E-state index in [2.05, 4.69) is 27.8 Å². The summed E-state index contributed by atoms with van der Waals surface area (Å²) >= 11 is 4.80. The van der Waals surface area contributed by atoms with E-state index in [0.717, 1.165) is 11.4 Å². The number of sulfonamides is 1. The van der Waals surface area contributed by atoms with Gasteiger partial charge in [-0.2, -0.15) is 4.31 Å². The fourth-order valence-electron chi connectivity index (χ4n) is 1.59. The predicted octanol–water partition coefficient (Wildman–Crippen LogP) is 2.82. The molecule has 0 bridgehead atoms. The maximum atomic E-state index is 12.5.